The summed E-state index contributed by atoms with van der Waals surface area (Å²) in [5, 5.41) is 8.95. The average molecular weight is 353 g/mol. The maximum absolute atomic E-state index is 5.88. The van der Waals surface area contributed by atoms with E-state index in [1.54, 1.807) is 11.3 Å². The van der Waals surface area contributed by atoms with Crippen LogP contribution in [0.1, 0.15) is 31.6 Å². The van der Waals surface area contributed by atoms with E-state index in [0.717, 1.165) is 45.3 Å². The Hall–Kier alpha value is -1.11. The van der Waals surface area contributed by atoms with Crippen molar-refractivity contribution in [3.63, 3.8) is 0 Å². The largest absolute Gasteiger partial charge is 0.374 e. The predicted octanol–water partition coefficient (Wildman–Crippen LogP) is 2.37. The van der Waals surface area contributed by atoms with Crippen molar-refractivity contribution in [1.29, 1.82) is 0 Å². The van der Waals surface area contributed by atoms with E-state index in [2.05, 4.69) is 58.8 Å². The van der Waals surface area contributed by atoms with Gasteiger partial charge in [0.25, 0.3) is 0 Å². The van der Waals surface area contributed by atoms with Crippen LogP contribution in [-0.2, 0) is 4.74 Å². The number of aliphatic imine (C=N–C) groups is 1. The van der Waals surface area contributed by atoms with Gasteiger partial charge >= 0.3 is 0 Å². The maximum Gasteiger partial charge on any atom is 0.191 e. The lowest BCUT2D eigenvalue weighted by molar-refractivity contribution is -0.0284. The monoisotopic (exact) mass is 352 g/mol. The highest BCUT2D eigenvalue weighted by Crippen LogP contribution is 2.19. The van der Waals surface area contributed by atoms with Crippen LogP contribution in [0.5, 0.6) is 0 Å². The second-order valence-corrected chi connectivity index (χ2v) is 7.88. The van der Waals surface area contributed by atoms with Crippen LogP contribution in [0.2, 0.25) is 0 Å². The molecule has 0 amide bonds. The highest BCUT2D eigenvalue weighted by Gasteiger charge is 2.21. The third kappa shape index (κ3) is 6.42. The van der Waals surface area contributed by atoms with Crippen LogP contribution in [0.15, 0.2) is 22.5 Å². The van der Waals surface area contributed by atoms with Crippen LogP contribution in [0.4, 0.5) is 0 Å². The predicted molar refractivity (Wildman–Crippen MR) is 103 cm³/mol. The Morgan fingerprint density at radius 3 is 2.92 bits per heavy atom. The Kier molecular flexibility index (Phi) is 8.02. The highest BCUT2D eigenvalue weighted by atomic mass is 32.1. The molecule has 1 aromatic rings. The van der Waals surface area contributed by atoms with Gasteiger partial charge in [0, 0.05) is 50.6 Å². The number of hydrogen-bond acceptors (Lipinski definition) is 4. The molecular formula is C18H32N4OS. The Bertz CT molecular complexity index is 489. The van der Waals surface area contributed by atoms with Crippen molar-refractivity contribution in [1.82, 2.24) is 15.5 Å². The van der Waals surface area contributed by atoms with Crippen molar-refractivity contribution in [2.75, 3.05) is 46.4 Å². The molecule has 0 bridgehead atoms. The van der Waals surface area contributed by atoms with E-state index >= 15 is 0 Å². The summed E-state index contributed by atoms with van der Waals surface area (Å²) in [6.07, 6.45) is 0.228. The maximum atomic E-state index is 5.88. The number of rotatable bonds is 7. The van der Waals surface area contributed by atoms with Gasteiger partial charge in [0.2, 0.25) is 0 Å². The van der Waals surface area contributed by atoms with E-state index in [4.69, 9.17) is 4.74 Å². The van der Waals surface area contributed by atoms with E-state index < -0.39 is 0 Å². The van der Waals surface area contributed by atoms with Crippen molar-refractivity contribution >= 4 is 17.3 Å². The van der Waals surface area contributed by atoms with Gasteiger partial charge in [0.1, 0.15) is 0 Å². The second-order valence-electron chi connectivity index (χ2n) is 6.90. The molecule has 0 saturated carbocycles. The molecule has 0 radical (unpaired) electrons. The van der Waals surface area contributed by atoms with Crippen LogP contribution in [0, 0.1) is 5.92 Å². The summed E-state index contributed by atoms with van der Waals surface area (Å²) in [4.78, 5) is 8.22. The van der Waals surface area contributed by atoms with Crippen molar-refractivity contribution in [3.05, 3.63) is 22.4 Å². The Morgan fingerprint density at radius 1 is 1.42 bits per heavy atom. The fourth-order valence-electron chi connectivity index (χ4n) is 2.94. The van der Waals surface area contributed by atoms with Gasteiger partial charge in [0.15, 0.2) is 5.96 Å². The summed E-state index contributed by atoms with van der Waals surface area (Å²) in [5.41, 5.74) is 0. The molecule has 1 aliphatic rings. The standard InChI is InChI=1S/C18H32N4OS/c1-14(2)12-22-7-8-23-16(13-22)11-21-18(19-4)20-10-15(3)17-6-5-9-24-17/h5-6,9,14-16H,7-8,10-13H2,1-4H3,(H2,19,20,21). The zero-order valence-electron chi connectivity index (χ0n) is 15.4. The minimum Gasteiger partial charge on any atom is -0.374 e. The van der Waals surface area contributed by atoms with Crippen LogP contribution < -0.4 is 10.6 Å². The van der Waals surface area contributed by atoms with Crippen LogP contribution in [-0.4, -0.2) is 63.3 Å². The van der Waals surface area contributed by atoms with Gasteiger partial charge in [0.05, 0.1) is 12.7 Å². The number of guanidine groups is 1. The minimum absolute atomic E-state index is 0.228. The molecule has 136 valence electrons. The summed E-state index contributed by atoms with van der Waals surface area (Å²) >= 11 is 1.81. The summed E-state index contributed by atoms with van der Waals surface area (Å²) in [5.74, 6) is 2.03. The number of nitrogens with zero attached hydrogens (tertiary/aromatic N) is 2. The van der Waals surface area contributed by atoms with Gasteiger partial charge in [-0.3, -0.25) is 9.89 Å². The molecule has 5 nitrogen and oxygen atoms in total. The van der Waals surface area contributed by atoms with E-state index in [0.29, 0.717) is 11.8 Å². The molecule has 0 aliphatic carbocycles. The molecule has 2 rings (SSSR count). The molecule has 1 aliphatic heterocycles. The summed E-state index contributed by atoms with van der Waals surface area (Å²) in [7, 11) is 1.82. The first-order valence-electron chi connectivity index (χ1n) is 8.90. The normalized spacial score (nSPS) is 21.0. The molecule has 2 unspecified atom stereocenters. The summed E-state index contributed by atoms with van der Waals surface area (Å²) in [6, 6.07) is 4.29. The fraction of sp³-hybridized carbons (Fsp3) is 0.722. The number of thiophene rings is 1. The first-order valence-corrected chi connectivity index (χ1v) is 9.78. The lowest BCUT2D eigenvalue weighted by atomic mass is 10.1. The van der Waals surface area contributed by atoms with Gasteiger partial charge < -0.3 is 15.4 Å². The van der Waals surface area contributed by atoms with Gasteiger partial charge in [-0.05, 0) is 17.4 Å². The molecule has 2 N–H and O–H groups in total. The van der Waals surface area contributed by atoms with Gasteiger partial charge in [-0.1, -0.05) is 26.8 Å². The third-order valence-electron chi connectivity index (χ3n) is 4.17. The van der Waals surface area contributed by atoms with Crippen molar-refractivity contribution in [3.8, 4) is 0 Å². The molecule has 24 heavy (non-hydrogen) atoms. The topological polar surface area (TPSA) is 48.9 Å². The molecule has 2 atom stereocenters. The Labute approximate surface area is 150 Å². The van der Waals surface area contributed by atoms with Gasteiger partial charge in [-0.15, -0.1) is 11.3 Å². The molecular weight excluding hydrogens is 320 g/mol. The summed E-state index contributed by atoms with van der Waals surface area (Å²) < 4.78 is 5.88. The van der Waals surface area contributed by atoms with E-state index in [1.165, 1.54) is 4.88 Å². The van der Waals surface area contributed by atoms with Crippen LogP contribution in [0.25, 0.3) is 0 Å². The fourth-order valence-corrected chi connectivity index (χ4v) is 3.73. The molecule has 1 aromatic heterocycles. The van der Waals surface area contributed by atoms with E-state index in [1.807, 2.05) is 7.05 Å². The number of morpholine rings is 1. The van der Waals surface area contributed by atoms with E-state index in [9.17, 15) is 0 Å². The molecule has 2 heterocycles. The first kappa shape index (κ1) is 19.2. The second kappa shape index (κ2) is 10.0. The zero-order chi connectivity index (χ0) is 17.4. The minimum atomic E-state index is 0.228. The molecule has 1 saturated heterocycles. The van der Waals surface area contributed by atoms with E-state index in [-0.39, 0.29) is 6.10 Å². The molecule has 0 aromatic carbocycles. The number of ether oxygens (including phenoxy) is 1. The molecule has 1 fully saturated rings. The SMILES string of the molecule is CN=C(NCC1CN(CC(C)C)CCO1)NCC(C)c1cccs1. The first-order chi connectivity index (χ1) is 11.6. The lowest BCUT2D eigenvalue weighted by Gasteiger charge is -2.34. The zero-order valence-corrected chi connectivity index (χ0v) is 16.2. The average Bonchev–Trinajstić information content (AvgIpc) is 3.09. The van der Waals surface area contributed by atoms with Gasteiger partial charge in [-0.25, -0.2) is 0 Å². The van der Waals surface area contributed by atoms with Crippen molar-refractivity contribution in [2.45, 2.75) is 32.8 Å². The smallest absolute Gasteiger partial charge is 0.191 e. The summed E-state index contributed by atoms with van der Waals surface area (Å²) in [6.45, 7) is 12.4. The number of hydrogen-bond donors (Lipinski definition) is 2. The molecule has 6 heteroatoms. The Balaban J connectivity index is 1.71. The third-order valence-corrected chi connectivity index (χ3v) is 5.28. The van der Waals surface area contributed by atoms with Gasteiger partial charge in [-0.2, -0.15) is 0 Å². The molecule has 0 spiro atoms. The Morgan fingerprint density at radius 2 is 2.25 bits per heavy atom. The van der Waals surface area contributed by atoms with Crippen molar-refractivity contribution in [2.24, 2.45) is 10.9 Å². The lowest BCUT2D eigenvalue weighted by Crippen LogP contribution is -2.50. The van der Waals surface area contributed by atoms with Crippen LogP contribution in [0.3, 0.4) is 0 Å². The quantitative estimate of drug-likeness (QED) is 0.584. The van der Waals surface area contributed by atoms with Crippen molar-refractivity contribution < 1.29 is 4.74 Å². The van der Waals surface area contributed by atoms with Crippen LogP contribution >= 0.6 is 11.3 Å². The highest BCUT2D eigenvalue weighted by molar-refractivity contribution is 7.10. The number of nitrogens with one attached hydrogen (secondary N) is 2.